The number of hydrogen-bond donors (Lipinski definition) is 2. The van der Waals surface area contributed by atoms with Crippen LogP contribution < -0.4 is 10.6 Å². The largest absolute Gasteiger partial charge is 0.340 e. The maximum atomic E-state index is 13.0. The Morgan fingerprint density at radius 3 is 2.23 bits per heavy atom. The average Bonchev–Trinajstić information content (AvgIpc) is 2.60. The summed E-state index contributed by atoms with van der Waals surface area (Å²) in [6, 6.07) is 12.3. The molecule has 0 fully saturated rings. The Balaban J connectivity index is 2.12. The number of carbonyl (C=O) groups is 2. The first-order valence-electron chi connectivity index (χ1n) is 7.85. The Hall–Kier alpha value is -2.74. The standard InChI is InChI=1S/C18H19FN2O4S/c1-26(24,25)12-11-16(21-17(22)13-5-3-2-4-6-13)18(23)20-15-9-7-14(19)8-10-15/h2-10,16H,11-12H2,1H3,(H,20,23)(H,21,22)/t16-/m0/s1. The Labute approximate surface area is 151 Å². The first kappa shape index (κ1) is 19.6. The number of amides is 2. The van der Waals surface area contributed by atoms with Gasteiger partial charge >= 0.3 is 0 Å². The molecule has 2 aromatic carbocycles. The third-order valence-corrected chi connectivity index (χ3v) is 4.52. The third-order valence-electron chi connectivity index (χ3n) is 3.55. The van der Waals surface area contributed by atoms with E-state index in [1.807, 2.05) is 0 Å². The van der Waals surface area contributed by atoms with Crippen LogP contribution in [0.1, 0.15) is 16.8 Å². The van der Waals surface area contributed by atoms with Crippen LogP contribution in [0.2, 0.25) is 0 Å². The lowest BCUT2D eigenvalue weighted by atomic mass is 10.1. The van der Waals surface area contributed by atoms with Crippen molar-refractivity contribution in [2.45, 2.75) is 12.5 Å². The van der Waals surface area contributed by atoms with Gasteiger partial charge in [0.25, 0.3) is 5.91 Å². The molecule has 6 nitrogen and oxygen atoms in total. The summed E-state index contributed by atoms with van der Waals surface area (Å²) in [6.07, 6.45) is 0.978. The topological polar surface area (TPSA) is 92.3 Å². The van der Waals surface area contributed by atoms with Crippen LogP contribution >= 0.6 is 0 Å². The van der Waals surface area contributed by atoms with Crippen LogP contribution in [0.4, 0.5) is 10.1 Å². The molecule has 2 rings (SSSR count). The fourth-order valence-corrected chi connectivity index (χ4v) is 2.86. The van der Waals surface area contributed by atoms with Gasteiger partial charge in [0.15, 0.2) is 0 Å². The summed E-state index contributed by atoms with van der Waals surface area (Å²) in [5, 5.41) is 5.09. The number of benzene rings is 2. The molecule has 0 spiro atoms. The average molecular weight is 378 g/mol. The molecular weight excluding hydrogens is 359 g/mol. The number of sulfone groups is 1. The fourth-order valence-electron chi connectivity index (χ4n) is 2.19. The molecule has 0 bridgehead atoms. The minimum absolute atomic E-state index is 0.0789. The summed E-state index contributed by atoms with van der Waals surface area (Å²) in [5.74, 6) is -1.78. The van der Waals surface area contributed by atoms with Gasteiger partial charge in [-0.25, -0.2) is 12.8 Å². The molecular formula is C18H19FN2O4S. The van der Waals surface area contributed by atoms with Gasteiger partial charge in [0.05, 0.1) is 5.75 Å². The lowest BCUT2D eigenvalue weighted by Crippen LogP contribution is -2.44. The van der Waals surface area contributed by atoms with E-state index in [1.54, 1.807) is 30.3 Å². The molecule has 1 atom stereocenters. The molecule has 0 unspecified atom stereocenters. The zero-order valence-electron chi connectivity index (χ0n) is 14.1. The second kappa shape index (κ2) is 8.57. The van der Waals surface area contributed by atoms with Crippen LogP contribution in [0.25, 0.3) is 0 Å². The minimum Gasteiger partial charge on any atom is -0.340 e. The smallest absolute Gasteiger partial charge is 0.251 e. The maximum Gasteiger partial charge on any atom is 0.251 e. The van der Waals surface area contributed by atoms with Gasteiger partial charge in [-0.1, -0.05) is 18.2 Å². The van der Waals surface area contributed by atoms with Crippen molar-refractivity contribution in [1.29, 1.82) is 0 Å². The zero-order chi connectivity index (χ0) is 19.2. The van der Waals surface area contributed by atoms with Crippen LogP contribution in [0.5, 0.6) is 0 Å². The van der Waals surface area contributed by atoms with E-state index >= 15 is 0 Å². The number of nitrogens with one attached hydrogen (secondary N) is 2. The number of carbonyl (C=O) groups excluding carboxylic acids is 2. The Morgan fingerprint density at radius 2 is 1.65 bits per heavy atom. The molecule has 0 saturated carbocycles. The van der Waals surface area contributed by atoms with E-state index in [4.69, 9.17) is 0 Å². The van der Waals surface area contributed by atoms with Gasteiger partial charge in [0, 0.05) is 17.5 Å². The highest BCUT2D eigenvalue weighted by Crippen LogP contribution is 2.10. The van der Waals surface area contributed by atoms with Gasteiger partial charge in [-0.3, -0.25) is 9.59 Å². The summed E-state index contributed by atoms with van der Waals surface area (Å²) in [6.45, 7) is 0. The molecule has 26 heavy (non-hydrogen) atoms. The van der Waals surface area contributed by atoms with Crippen molar-refractivity contribution >= 4 is 27.3 Å². The second-order valence-electron chi connectivity index (χ2n) is 5.81. The SMILES string of the molecule is CS(=O)(=O)CC[C@H](NC(=O)c1ccccc1)C(=O)Nc1ccc(F)cc1. The second-order valence-corrected chi connectivity index (χ2v) is 8.07. The van der Waals surface area contributed by atoms with E-state index in [1.165, 1.54) is 24.3 Å². The van der Waals surface area contributed by atoms with Crippen LogP contribution in [0.3, 0.4) is 0 Å². The summed E-state index contributed by atoms with van der Waals surface area (Å²) in [5.41, 5.74) is 0.696. The molecule has 0 heterocycles. The third kappa shape index (κ3) is 6.29. The van der Waals surface area contributed by atoms with Crippen LogP contribution in [0.15, 0.2) is 54.6 Å². The zero-order valence-corrected chi connectivity index (χ0v) is 14.9. The Morgan fingerprint density at radius 1 is 1.04 bits per heavy atom. The van der Waals surface area contributed by atoms with Gasteiger partial charge < -0.3 is 10.6 Å². The van der Waals surface area contributed by atoms with Gasteiger partial charge in [-0.15, -0.1) is 0 Å². The maximum absolute atomic E-state index is 13.0. The molecule has 138 valence electrons. The summed E-state index contributed by atoms with van der Waals surface area (Å²) in [7, 11) is -3.31. The van der Waals surface area contributed by atoms with Crippen molar-refractivity contribution < 1.29 is 22.4 Å². The van der Waals surface area contributed by atoms with E-state index in [-0.39, 0.29) is 12.2 Å². The highest BCUT2D eigenvalue weighted by atomic mass is 32.2. The van der Waals surface area contributed by atoms with Crippen LogP contribution in [0, 0.1) is 5.82 Å². The molecule has 0 aliphatic heterocycles. The summed E-state index contributed by atoms with van der Waals surface area (Å²) < 4.78 is 35.8. The lowest BCUT2D eigenvalue weighted by molar-refractivity contribution is -0.118. The summed E-state index contributed by atoms with van der Waals surface area (Å²) >= 11 is 0. The molecule has 0 saturated heterocycles. The quantitative estimate of drug-likeness (QED) is 0.771. The van der Waals surface area contributed by atoms with Gasteiger partial charge in [-0.05, 0) is 42.8 Å². The van der Waals surface area contributed by atoms with Crippen molar-refractivity contribution in [1.82, 2.24) is 5.32 Å². The van der Waals surface area contributed by atoms with Crippen LogP contribution in [-0.4, -0.2) is 38.3 Å². The van der Waals surface area contributed by atoms with Gasteiger partial charge in [0.1, 0.15) is 21.7 Å². The monoisotopic (exact) mass is 378 g/mol. The highest BCUT2D eigenvalue weighted by Gasteiger charge is 2.23. The molecule has 0 aliphatic rings. The molecule has 2 aromatic rings. The normalized spacial score (nSPS) is 12.2. The fraction of sp³-hybridized carbons (Fsp3) is 0.222. The van der Waals surface area contributed by atoms with Gasteiger partial charge in [0.2, 0.25) is 5.91 Å². The first-order chi connectivity index (χ1) is 12.2. The van der Waals surface area contributed by atoms with Crippen molar-refractivity contribution in [2.75, 3.05) is 17.3 Å². The number of anilines is 1. The van der Waals surface area contributed by atoms with Crippen LogP contribution in [-0.2, 0) is 14.6 Å². The Bertz CT molecular complexity index is 868. The predicted molar refractivity (Wildman–Crippen MR) is 97.1 cm³/mol. The van der Waals surface area contributed by atoms with E-state index in [0.717, 1.165) is 6.26 Å². The van der Waals surface area contributed by atoms with E-state index in [0.29, 0.717) is 11.3 Å². The minimum atomic E-state index is -3.31. The molecule has 0 aliphatic carbocycles. The van der Waals surface area contributed by atoms with Gasteiger partial charge in [-0.2, -0.15) is 0 Å². The molecule has 2 N–H and O–H groups in total. The highest BCUT2D eigenvalue weighted by molar-refractivity contribution is 7.90. The van der Waals surface area contributed by atoms with Crippen molar-refractivity contribution in [2.24, 2.45) is 0 Å². The molecule has 0 radical (unpaired) electrons. The first-order valence-corrected chi connectivity index (χ1v) is 9.91. The van der Waals surface area contributed by atoms with Crippen molar-refractivity contribution in [3.05, 3.63) is 66.0 Å². The van der Waals surface area contributed by atoms with E-state index in [9.17, 15) is 22.4 Å². The molecule has 2 amide bonds. The number of hydrogen-bond acceptors (Lipinski definition) is 4. The molecule has 0 aromatic heterocycles. The number of halogens is 1. The van der Waals surface area contributed by atoms with Crippen molar-refractivity contribution in [3.63, 3.8) is 0 Å². The lowest BCUT2D eigenvalue weighted by Gasteiger charge is -2.18. The predicted octanol–water partition coefficient (Wildman–Crippen LogP) is 2.00. The Kier molecular flexibility index (Phi) is 6.46. The molecule has 8 heteroatoms. The van der Waals surface area contributed by atoms with E-state index < -0.39 is 33.5 Å². The summed E-state index contributed by atoms with van der Waals surface area (Å²) in [4.78, 5) is 24.8. The van der Waals surface area contributed by atoms with Crippen molar-refractivity contribution in [3.8, 4) is 0 Å². The number of rotatable bonds is 7. The van der Waals surface area contributed by atoms with E-state index in [2.05, 4.69) is 10.6 Å².